The first-order valence-electron chi connectivity index (χ1n) is 10.8. The Morgan fingerprint density at radius 2 is 1.71 bits per heavy atom. The normalized spacial score (nSPS) is 12.4. The summed E-state index contributed by atoms with van der Waals surface area (Å²) in [6.07, 6.45) is 1.04. The van der Waals surface area contributed by atoms with Crippen molar-refractivity contribution in [3.63, 3.8) is 0 Å². The average molecular weight is 573 g/mol. The van der Waals surface area contributed by atoms with Crippen LogP contribution in [0.3, 0.4) is 0 Å². The van der Waals surface area contributed by atoms with E-state index in [1.54, 1.807) is 26.0 Å². The van der Waals surface area contributed by atoms with Gasteiger partial charge in [0.25, 0.3) is 0 Å². The zero-order chi connectivity index (χ0) is 25.6. The van der Waals surface area contributed by atoms with E-state index in [4.69, 9.17) is 11.6 Å². The molecular weight excluding hydrogens is 542 g/mol. The Labute approximate surface area is 215 Å². The molecule has 1 atom stereocenters. The van der Waals surface area contributed by atoms with Crippen LogP contribution in [0, 0.1) is 12.8 Å². The number of nitrogens with zero attached hydrogens (tertiary/aromatic N) is 2. The van der Waals surface area contributed by atoms with E-state index in [0.717, 1.165) is 20.6 Å². The number of rotatable bonds is 10. The molecule has 1 N–H and O–H groups in total. The third kappa shape index (κ3) is 7.99. The molecule has 10 heteroatoms. The topological polar surface area (TPSA) is 86.8 Å². The predicted octanol–water partition coefficient (Wildman–Crippen LogP) is 4.37. The van der Waals surface area contributed by atoms with Crippen LogP contribution >= 0.6 is 27.5 Å². The molecule has 0 aromatic heterocycles. The van der Waals surface area contributed by atoms with Crippen molar-refractivity contribution in [2.45, 2.75) is 40.3 Å². The lowest BCUT2D eigenvalue weighted by Gasteiger charge is -2.32. The molecule has 0 saturated carbocycles. The summed E-state index contributed by atoms with van der Waals surface area (Å²) in [4.78, 5) is 27.7. The second-order valence-electron chi connectivity index (χ2n) is 8.66. The average Bonchev–Trinajstić information content (AvgIpc) is 2.75. The summed E-state index contributed by atoms with van der Waals surface area (Å²) in [6.45, 7) is 7.51. The smallest absolute Gasteiger partial charge is 0.244 e. The molecule has 0 fully saturated rings. The van der Waals surface area contributed by atoms with Crippen LogP contribution in [0.5, 0.6) is 0 Å². The number of nitrogens with one attached hydrogen (secondary N) is 1. The van der Waals surface area contributed by atoms with Crippen molar-refractivity contribution in [2.75, 3.05) is 23.7 Å². The molecule has 0 saturated heterocycles. The molecule has 0 aliphatic heterocycles. The van der Waals surface area contributed by atoms with Crippen molar-refractivity contribution in [3.8, 4) is 0 Å². The lowest BCUT2D eigenvalue weighted by Crippen LogP contribution is -2.51. The quantitative estimate of drug-likeness (QED) is 0.458. The van der Waals surface area contributed by atoms with Crippen molar-refractivity contribution in [1.82, 2.24) is 10.2 Å². The minimum atomic E-state index is -3.81. The summed E-state index contributed by atoms with van der Waals surface area (Å²) in [5.74, 6) is -0.553. The van der Waals surface area contributed by atoms with Gasteiger partial charge in [-0.1, -0.05) is 59.6 Å². The predicted molar refractivity (Wildman–Crippen MR) is 140 cm³/mol. The monoisotopic (exact) mass is 571 g/mol. The molecule has 0 unspecified atom stereocenters. The van der Waals surface area contributed by atoms with Gasteiger partial charge >= 0.3 is 0 Å². The Bertz CT molecular complexity index is 1120. The number of sulfonamides is 1. The molecule has 0 aliphatic carbocycles. The Morgan fingerprint density at radius 1 is 1.09 bits per heavy atom. The highest BCUT2D eigenvalue weighted by Crippen LogP contribution is 2.27. The highest BCUT2D eigenvalue weighted by atomic mass is 79.9. The molecule has 34 heavy (non-hydrogen) atoms. The van der Waals surface area contributed by atoms with Gasteiger partial charge in [-0.3, -0.25) is 13.9 Å². The first kappa shape index (κ1) is 28.1. The minimum Gasteiger partial charge on any atom is -0.354 e. The summed E-state index contributed by atoms with van der Waals surface area (Å²) in [6, 6.07) is 11.4. The van der Waals surface area contributed by atoms with Crippen LogP contribution in [0.1, 0.15) is 31.9 Å². The van der Waals surface area contributed by atoms with Gasteiger partial charge in [0, 0.05) is 22.6 Å². The summed E-state index contributed by atoms with van der Waals surface area (Å²) < 4.78 is 27.2. The van der Waals surface area contributed by atoms with Crippen LogP contribution in [0.2, 0.25) is 5.02 Å². The van der Waals surface area contributed by atoms with Gasteiger partial charge in [-0.25, -0.2) is 8.42 Å². The minimum absolute atomic E-state index is 0.147. The van der Waals surface area contributed by atoms with E-state index in [-0.39, 0.29) is 18.4 Å². The van der Waals surface area contributed by atoms with E-state index >= 15 is 0 Å². The summed E-state index contributed by atoms with van der Waals surface area (Å²) in [5, 5.41) is 3.21. The van der Waals surface area contributed by atoms with Gasteiger partial charge in [0.1, 0.15) is 12.6 Å². The van der Waals surface area contributed by atoms with Crippen LogP contribution in [0.15, 0.2) is 46.9 Å². The molecule has 7 nitrogen and oxygen atoms in total. The van der Waals surface area contributed by atoms with Crippen LogP contribution < -0.4 is 9.62 Å². The summed E-state index contributed by atoms with van der Waals surface area (Å²) in [5.41, 5.74) is 1.79. The molecule has 2 aromatic rings. The third-order valence-electron chi connectivity index (χ3n) is 5.24. The van der Waals surface area contributed by atoms with Gasteiger partial charge in [0.15, 0.2) is 0 Å². The fraction of sp³-hybridized carbons (Fsp3) is 0.417. The van der Waals surface area contributed by atoms with E-state index in [0.29, 0.717) is 22.8 Å². The Balaban J connectivity index is 2.40. The molecule has 2 aromatic carbocycles. The molecule has 2 rings (SSSR count). The van der Waals surface area contributed by atoms with Crippen LogP contribution in [0.4, 0.5) is 5.69 Å². The van der Waals surface area contributed by atoms with Gasteiger partial charge in [-0.05, 0) is 55.2 Å². The highest BCUT2D eigenvalue weighted by molar-refractivity contribution is 9.10. The second kappa shape index (κ2) is 12.0. The van der Waals surface area contributed by atoms with Gasteiger partial charge in [0.05, 0.1) is 11.9 Å². The molecular formula is C24H31BrClN3O4S. The van der Waals surface area contributed by atoms with Crippen molar-refractivity contribution < 1.29 is 18.0 Å². The van der Waals surface area contributed by atoms with Crippen molar-refractivity contribution in [1.29, 1.82) is 0 Å². The lowest BCUT2D eigenvalue weighted by molar-refractivity contribution is -0.139. The SMILES string of the molecule is Cc1ccc(Cl)cc1N(CC(=O)N(Cc1ccc(Br)cc1)[C@H](C)C(=O)NCC(C)C)S(C)(=O)=O. The first-order chi connectivity index (χ1) is 15.8. The first-order valence-corrected chi connectivity index (χ1v) is 13.9. The Kier molecular flexibility index (Phi) is 9.96. The fourth-order valence-corrected chi connectivity index (χ4v) is 4.60. The van der Waals surface area contributed by atoms with Crippen molar-refractivity contribution >= 4 is 55.1 Å². The number of carbonyl (C=O) groups is 2. The zero-order valence-corrected chi connectivity index (χ0v) is 23.2. The van der Waals surface area contributed by atoms with Gasteiger partial charge in [-0.2, -0.15) is 0 Å². The number of anilines is 1. The van der Waals surface area contributed by atoms with Gasteiger partial charge < -0.3 is 10.2 Å². The molecule has 0 heterocycles. The number of hydrogen-bond acceptors (Lipinski definition) is 4. The maximum absolute atomic E-state index is 13.5. The van der Waals surface area contributed by atoms with Crippen LogP contribution in [-0.2, 0) is 26.2 Å². The fourth-order valence-electron chi connectivity index (χ4n) is 3.27. The Morgan fingerprint density at radius 3 is 2.26 bits per heavy atom. The molecule has 186 valence electrons. The molecule has 0 bridgehead atoms. The highest BCUT2D eigenvalue weighted by Gasteiger charge is 2.30. The zero-order valence-electron chi connectivity index (χ0n) is 20.0. The molecule has 0 spiro atoms. The number of amides is 2. The van der Waals surface area contributed by atoms with Crippen LogP contribution in [-0.4, -0.2) is 50.5 Å². The van der Waals surface area contributed by atoms with E-state index in [2.05, 4.69) is 21.2 Å². The number of hydrogen-bond donors (Lipinski definition) is 1. The number of halogens is 2. The maximum Gasteiger partial charge on any atom is 0.244 e. The maximum atomic E-state index is 13.5. The standard InChI is InChI=1S/C24H31BrClN3O4S/c1-16(2)13-27-24(31)18(4)28(14-19-7-9-20(25)10-8-19)23(30)15-29(34(5,32)33)22-12-21(26)11-6-17(22)3/h6-12,16,18H,13-15H2,1-5H3,(H,27,31)/t18-/m1/s1. The van der Waals surface area contributed by atoms with Gasteiger partial charge in [-0.15, -0.1) is 0 Å². The Hall–Kier alpha value is -2.10. The van der Waals surface area contributed by atoms with E-state index in [1.807, 2.05) is 38.1 Å². The number of carbonyl (C=O) groups excluding carboxylic acids is 2. The number of aryl methyl sites for hydroxylation is 1. The van der Waals surface area contributed by atoms with Crippen molar-refractivity contribution in [3.05, 3.63) is 63.1 Å². The van der Waals surface area contributed by atoms with E-state index < -0.39 is 28.5 Å². The largest absolute Gasteiger partial charge is 0.354 e. The van der Waals surface area contributed by atoms with Crippen LogP contribution in [0.25, 0.3) is 0 Å². The van der Waals surface area contributed by atoms with E-state index in [1.165, 1.54) is 11.0 Å². The molecule has 0 radical (unpaired) electrons. The summed E-state index contributed by atoms with van der Waals surface area (Å²) in [7, 11) is -3.81. The van der Waals surface area contributed by atoms with Crippen molar-refractivity contribution in [2.24, 2.45) is 5.92 Å². The molecule has 0 aliphatic rings. The van der Waals surface area contributed by atoms with E-state index in [9.17, 15) is 18.0 Å². The van der Waals surface area contributed by atoms with Gasteiger partial charge in [0.2, 0.25) is 21.8 Å². The third-order valence-corrected chi connectivity index (χ3v) is 7.13. The molecule has 2 amide bonds. The lowest BCUT2D eigenvalue weighted by atomic mass is 10.1. The second-order valence-corrected chi connectivity index (χ2v) is 11.9. The number of benzene rings is 2. The summed E-state index contributed by atoms with van der Waals surface area (Å²) >= 11 is 9.50.